The molecule has 2 aliphatic carbocycles. The zero-order chi connectivity index (χ0) is 7.41. The zero-order valence-electron chi connectivity index (χ0n) is 5.75. The predicted octanol–water partition coefficient (Wildman–Crippen LogP) is -0.398. The van der Waals surface area contributed by atoms with Gasteiger partial charge in [0.2, 0.25) is 0 Å². The molecule has 2 atom stereocenters. The van der Waals surface area contributed by atoms with Crippen LogP contribution >= 0.6 is 0 Å². The third-order valence-electron chi connectivity index (χ3n) is 2.91. The Bertz CT molecular complexity index is 164. The average Bonchev–Trinajstić information content (AvgIpc) is 2.18. The second-order valence-corrected chi connectivity index (χ2v) is 3.66. The second-order valence-electron chi connectivity index (χ2n) is 3.66. The number of hydrogen-bond donors (Lipinski definition) is 3. The molecule has 0 radical (unpaired) electrons. The predicted molar refractivity (Wildman–Crippen MR) is 34.1 cm³/mol. The summed E-state index contributed by atoms with van der Waals surface area (Å²) in [5, 5.41) is 28.1. The van der Waals surface area contributed by atoms with Gasteiger partial charge >= 0.3 is 0 Å². The highest BCUT2D eigenvalue weighted by molar-refractivity contribution is 5.06. The first kappa shape index (κ1) is 6.58. The summed E-state index contributed by atoms with van der Waals surface area (Å²) in [4.78, 5) is 0. The lowest BCUT2D eigenvalue weighted by Crippen LogP contribution is -2.50. The summed E-state index contributed by atoms with van der Waals surface area (Å²) in [5.74, 6) is -1.46. The first-order valence-electron chi connectivity index (χ1n) is 3.71. The fraction of sp³-hybridized carbons (Fsp3) is 1.00. The van der Waals surface area contributed by atoms with Crippen LogP contribution in [0, 0.1) is 5.92 Å². The molecule has 0 aromatic rings. The van der Waals surface area contributed by atoms with Crippen molar-refractivity contribution in [3.8, 4) is 0 Å². The Morgan fingerprint density at radius 2 is 1.80 bits per heavy atom. The molecule has 2 saturated carbocycles. The summed E-state index contributed by atoms with van der Waals surface area (Å²) in [6.45, 7) is 0. The molecular formula is C7H12O3. The zero-order valence-corrected chi connectivity index (χ0v) is 5.75. The highest BCUT2D eigenvalue weighted by Crippen LogP contribution is 2.52. The van der Waals surface area contributed by atoms with Crippen LogP contribution in [0.1, 0.15) is 25.7 Å². The normalized spacial score (nSPS) is 50.1. The smallest absolute Gasteiger partial charge is 0.192 e. The lowest BCUT2D eigenvalue weighted by atomic mass is 9.91. The monoisotopic (exact) mass is 144 g/mol. The van der Waals surface area contributed by atoms with Crippen LogP contribution in [0.5, 0.6) is 0 Å². The Kier molecular flexibility index (Phi) is 1.02. The van der Waals surface area contributed by atoms with E-state index in [2.05, 4.69) is 0 Å². The van der Waals surface area contributed by atoms with E-state index in [9.17, 15) is 15.3 Å². The van der Waals surface area contributed by atoms with Crippen molar-refractivity contribution in [2.24, 2.45) is 5.92 Å². The van der Waals surface area contributed by atoms with Crippen LogP contribution in [0.4, 0.5) is 0 Å². The van der Waals surface area contributed by atoms with E-state index in [0.29, 0.717) is 25.2 Å². The van der Waals surface area contributed by atoms with Crippen LogP contribution in [0.25, 0.3) is 0 Å². The molecule has 2 bridgehead atoms. The van der Waals surface area contributed by atoms with Crippen molar-refractivity contribution in [2.45, 2.75) is 37.1 Å². The molecule has 3 nitrogen and oxygen atoms in total. The molecule has 2 rings (SSSR count). The van der Waals surface area contributed by atoms with E-state index >= 15 is 0 Å². The van der Waals surface area contributed by atoms with Crippen molar-refractivity contribution in [1.82, 2.24) is 0 Å². The first-order chi connectivity index (χ1) is 4.54. The summed E-state index contributed by atoms with van der Waals surface area (Å²) < 4.78 is 0. The second kappa shape index (κ2) is 1.55. The Morgan fingerprint density at radius 3 is 2.00 bits per heavy atom. The maximum Gasteiger partial charge on any atom is 0.192 e. The van der Waals surface area contributed by atoms with E-state index in [0.717, 1.165) is 6.42 Å². The molecule has 0 heterocycles. The van der Waals surface area contributed by atoms with Gasteiger partial charge in [-0.1, -0.05) is 0 Å². The third-order valence-corrected chi connectivity index (χ3v) is 2.91. The standard InChI is InChI=1S/C7H12O3/c8-6-2-1-5(3-6)4-7(6,9)10/h5,8-10H,1-4H2. The minimum absolute atomic E-state index is 0.333. The average molecular weight is 144 g/mol. The largest absolute Gasteiger partial charge is 0.384 e. The van der Waals surface area contributed by atoms with Gasteiger partial charge in [-0.25, -0.2) is 0 Å². The van der Waals surface area contributed by atoms with Gasteiger partial charge < -0.3 is 15.3 Å². The Hall–Kier alpha value is -0.120. The molecule has 0 aromatic carbocycles. The number of hydrogen-bond acceptors (Lipinski definition) is 3. The highest BCUT2D eigenvalue weighted by atomic mass is 16.5. The summed E-state index contributed by atoms with van der Waals surface area (Å²) in [5.41, 5.74) is -1.18. The topological polar surface area (TPSA) is 60.7 Å². The molecule has 3 heteroatoms. The van der Waals surface area contributed by atoms with Gasteiger partial charge in [0.25, 0.3) is 0 Å². The Morgan fingerprint density at radius 1 is 1.10 bits per heavy atom. The van der Waals surface area contributed by atoms with E-state index in [1.54, 1.807) is 0 Å². The fourth-order valence-electron chi connectivity index (χ4n) is 2.25. The lowest BCUT2D eigenvalue weighted by molar-refractivity contribution is -0.263. The maximum absolute atomic E-state index is 9.57. The number of fused-ring (bicyclic) bond motifs is 2. The summed E-state index contributed by atoms with van der Waals surface area (Å²) in [7, 11) is 0. The number of rotatable bonds is 0. The molecule has 2 aliphatic rings. The van der Waals surface area contributed by atoms with Crippen molar-refractivity contribution in [2.75, 3.05) is 0 Å². The summed E-state index contributed by atoms with van der Waals surface area (Å²) in [6.07, 6.45) is 2.41. The molecule has 0 spiro atoms. The number of aliphatic hydroxyl groups is 3. The van der Waals surface area contributed by atoms with Crippen molar-refractivity contribution >= 4 is 0 Å². The van der Waals surface area contributed by atoms with E-state index in [-0.39, 0.29) is 0 Å². The van der Waals surface area contributed by atoms with Crippen LogP contribution in [0.15, 0.2) is 0 Å². The van der Waals surface area contributed by atoms with Gasteiger partial charge in [0.15, 0.2) is 5.79 Å². The minimum Gasteiger partial charge on any atom is -0.384 e. The van der Waals surface area contributed by atoms with Gasteiger partial charge in [-0.2, -0.15) is 0 Å². The van der Waals surface area contributed by atoms with Gasteiger partial charge in [-0.15, -0.1) is 0 Å². The molecule has 58 valence electrons. The molecule has 0 aromatic heterocycles. The van der Waals surface area contributed by atoms with Gasteiger partial charge in [-0.3, -0.25) is 0 Å². The molecule has 2 unspecified atom stereocenters. The maximum atomic E-state index is 9.57. The van der Waals surface area contributed by atoms with Crippen molar-refractivity contribution < 1.29 is 15.3 Å². The molecule has 2 fully saturated rings. The summed E-state index contributed by atoms with van der Waals surface area (Å²) in [6, 6.07) is 0. The minimum atomic E-state index is -1.80. The Balaban J connectivity index is 2.31. The lowest BCUT2D eigenvalue weighted by Gasteiger charge is -2.33. The third kappa shape index (κ3) is 0.603. The van der Waals surface area contributed by atoms with Gasteiger partial charge in [0, 0.05) is 6.42 Å². The molecular weight excluding hydrogens is 132 g/mol. The SMILES string of the molecule is OC1(O)CC2CCC1(O)C2. The summed E-state index contributed by atoms with van der Waals surface area (Å²) >= 11 is 0. The Labute approximate surface area is 59.3 Å². The first-order valence-corrected chi connectivity index (χ1v) is 3.71. The van der Waals surface area contributed by atoms with Crippen LogP contribution in [0.3, 0.4) is 0 Å². The van der Waals surface area contributed by atoms with Crippen molar-refractivity contribution in [1.29, 1.82) is 0 Å². The van der Waals surface area contributed by atoms with E-state index in [1.807, 2.05) is 0 Å². The van der Waals surface area contributed by atoms with Gasteiger partial charge in [0.05, 0.1) is 0 Å². The fourth-order valence-corrected chi connectivity index (χ4v) is 2.25. The van der Waals surface area contributed by atoms with Gasteiger partial charge in [-0.05, 0) is 25.2 Å². The highest BCUT2D eigenvalue weighted by Gasteiger charge is 2.59. The van der Waals surface area contributed by atoms with Crippen LogP contribution in [-0.2, 0) is 0 Å². The van der Waals surface area contributed by atoms with Crippen molar-refractivity contribution in [3.05, 3.63) is 0 Å². The van der Waals surface area contributed by atoms with Crippen LogP contribution < -0.4 is 0 Å². The molecule has 10 heavy (non-hydrogen) atoms. The van der Waals surface area contributed by atoms with Gasteiger partial charge in [0.1, 0.15) is 5.60 Å². The van der Waals surface area contributed by atoms with Crippen molar-refractivity contribution in [3.63, 3.8) is 0 Å². The van der Waals surface area contributed by atoms with Crippen LogP contribution in [-0.4, -0.2) is 26.7 Å². The molecule has 0 aliphatic heterocycles. The quantitative estimate of drug-likeness (QED) is 0.405. The molecule has 0 amide bonds. The van der Waals surface area contributed by atoms with E-state index in [4.69, 9.17) is 0 Å². The molecule has 3 N–H and O–H groups in total. The van der Waals surface area contributed by atoms with E-state index in [1.165, 1.54) is 0 Å². The molecule has 0 saturated heterocycles. The van der Waals surface area contributed by atoms with Crippen LogP contribution in [0.2, 0.25) is 0 Å². The van der Waals surface area contributed by atoms with E-state index < -0.39 is 11.4 Å².